The summed E-state index contributed by atoms with van der Waals surface area (Å²) in [6.07, 6.45) is 5.40. The Bertz CT molecular complexity index is 975. The Labute approximate surface area is 171 Å². The number of nitrogen functional groups attached to an aromatic ring is 1. The third-order valence-electron chi connectivity index (χ3n) is 5.03. The van der Waals surface area contributed by atoms with Gasteiger partial charge in [-0.05, 0) is 38.0 Å². The van der Waals surface area contributed by atoms with E-state index in [-0.39, 0.29) is 5.95 Å². The van der Waals surface area contributed by atoms with Crippen molar-refractivity contribution in [2.45, 2.75) is 52.2 Å². The minimum absolute atomic E-state index is 0.264. The van der Waals surface area contributed by atoms with Crippen LogP contribution in [0.2, 0.25) is 0 Å². The molecule has 0 spiro atoms. The van der Waals surface area contributed by atoms with E-state index >= 15 is 0 Å². The van der Waals surface area contributed by atoms with Gasteiger partial charge in [0, 0.05) is 18.3 Å². The number of aliphatic hydroxyl groups is 1. The summed E-state index contributed by atoms with van der Waals surface area (Å²) in [6.45, 7) is 7.14. The lowest BCUT2D eigenvalue weighted by atomic mass is 9.96. The van der Waals surface area contributed by atoms with Gasteiger partial charge >= 0.3 is 0 Å². The summed E-state index contributed by atoms with van der Waals surface area (Å²) in [6, 6.07) is 7.76. The Morgan fingerprint density at radius 1 is 1.21 bits per heavy atom. The van der Waals surface area contributed by atoms with Crippen LogP contribution in [0.5, 0.6) is 5.75 Å². The molecule has 3 rings (SSSR count). The number of nitrogens with one attached hydrogen (secondary N) is 1. The first-order valence-electron chi connectivity index (χ1n) is 10.1. The smallest absolute Gasteiger partial charge is 0.222 e. The van der Waals surface area contributed by atoms with Crippen LogP contribution in [-0.2, 0) is 12.1 Å². The number of anilines is 2. The zero-order valence-corrected chi connectivity index (χ0v) is 17.7. The number of benzene rings is 1. The van der Waals surface area contributed by atoms with Gasteiger partial charge in [0.2, 0.25) is 5.95 Å². The summed E-state index contributed by atoms with van der Waals surface area (Å²) >= 11 is 0. The van der Waals surface area contributed by atoms with Crippen LogP contribution in [0.25, 0.3) is 11.0 Å². The first kappa shape index (κ1) is 20.9. The van der Waals surface area contributed by atoms with Crippen LogP contribution in [0, 0.1) is 0 Å². The lowest BCUT2D eigenvalue weighted by Crippen LogP contribution is -2.16. The largest absolute Gasteiger partial charge is 0.496 e. The molecule has 0 aliphatic heterocycles. The Morgan fingerprint density at radius 3 is 2.69 bits per heavy atom. The van der Waals surface area contributed by atoms with Crippen LogP contribution < -0.4 is 15.8 Å². The van der Waals surface area contributed by atoms with Crippen LogP contribution in [0.15, 0.2) is 30.5 Å². The summed E-state index contributed by atoms with van der Waals surface area (Å²) < 4.78 is 7.69. The molecule has 156 valence electrons. The predicted molar refractivity (Wildman–Crippen MR) is 117 cm³/mol. The minimum atomic E-state index is -0.924. The molecule has 7 nitrogen and oxygen atoms in total. The van der Waals surface area contributed by atoms with Crippen LogP contribution in [-0.4, -0.2) is 33.3 Å². The van der Waals surface area contributed by atoms with Crippen molar-refractivity contribution in [1.82, 2.24) is 14.5 Å². The molecule has 7 heteroatoms. The zero-order valence-electron chi connectivity index (χ0n) is 17.7. The van der Waals surface area contributed by atoms with Gasteiger partial charge in [0.25, 0.3) is 0 Å². The molecule has 2 aromatic heterocycles. The van der Waals surface area contributed by atoms with Gasteiger partial charge in [0.1, 0.15) is 11.3 Å². The molecule has 0 atom stereocenters. The monoisotopic (exact) mass is 397 g/mol. The van der Waals surface area contributed by atoms with E-state index in [1.807, 2.05) is 30.5 Å². The van der Waals surface area contributed by atoms with Crippen molar-refractivity contribution in [3.8, 4) is 5.75 Å². The zero-order chi connectivity index (χ0) is 21.0. The average molecular weight is 398 g/mol. The van der Waals surface area contributed by atoms with Crippen molar-refractivity contribution in [2.24, 2.45) is 0 Å². The van der Waals surface area contributed by atoms with Gasteiger partial charge in [0.15, 0.2) is 5.82 Å². The van der Waals surface area contributed by atoms with Crippen molar-refractivity contribution < 1.29 is 9.84 Å². The molecule has 29 heavy (non-hydrogen) atoms. The third kappa shape index (κ3) is 4.79. The maximum Gasteiger partial charge on any atom is 0.222 e. The van der Waals surface area contributed by atoms with E-state index in [0.717, 1.165) is 46.7 Å². The number of fused-ring (bicyclic) bond motifs is 1. The molecule has 0 unspecified atom stereocenters. The summed E-state index contributed by atoms with van der Waals surface area (Å²) in [5.41, 5.74) is 8.53. The number of nitrogens with zero attached hydrogens (tertiary/aromatic N) is 3. The van der Waals surface area contributed by atoms with Gasteiger partial charge in [-0.1, -0.05) is 31.9 Å². The number of methoxy groups -OCH3 is 1. The van der Waals surface area contributed by atoms with Crippen molar-refractivity contribution in [3.05, 3.63) is 41.6 Å². The summed E-state index contributed by atoms with van der Waals surface area (Å²) in [7, 11) is 1.64. The van der Waals surface area contributed by atoms with Crippen LogP contribution in [0.3, 0.4) is 0 Å². The highest BCUT2D eigenvalue weighted by Gasteiger charge is 2.19. The van der Waals surface area contributed by atoms with E-state index in [0.29, 0.717) is 6.54 Å². The van der Waals surface area contributed by atoms with Crippen LogP contribution in [0.1, 0.15) is 51.2 Å². The maximum atomic E-state index is 10.3. The van der Waals surface area contributed by atoms with E-state index in [1.165, 1.54) is 12.8 Å². The second-order valence-electron chi connectivity index (χ2n) is 7.83. The molecule has 0 amide bonds. The number of nitrogens with two attached hydrogens (primary N) is 1. The molecule has 0 aliphatic carbocycles. The first-order valence-corrected chi connectivity index (χ1v) is 10.1. The molecule has 0 saturated carbocycles. The van der Waals surface area contributed by atoms with E-state index in [9.17, 15) is 5.11 Å². The van der Waals surface area contributed by atoms with Gasteiger partial charge in [-0.3, -0.25) is 0 Å². The Balaban J connectivity index is 1.94. The molecule has 0 radical (unpaired) electrons. The normalized spacial score (nSPS) is 11.8. The fourth-order valence-electron chi connectivity index (χ4n) is 3.40. The van der Waals surface area contributed by atoms with Crippen LogP contribution in [0.4, 0.5) is 11.8 Å². The van der Waals surface area contributed by atoms with Gasteiger partial charge in [-0.25, -0.2) is 4.98 Å². The fourth-order valence-corrected chi connectivity index (χ4v) is 3.40. The first-order chi connectivity index (χ1) is 13.8. The van der Waals surface area contributed by atoms with Gasteiger partial charge in [-0.2, -0.15) is 4.98 Å². The SMILES string of the molecule is CCCCCNc1nc(N)nc2ccn(Cc3ccc(C(C)(C)O)cc3OC)c12. The number of hydrogen-bond donors (Lipinski definition) is 3. The van der Waals surface area contributed by atoms with Crippen LogP contribution >= 0.6 is 0 Å². The minimum Gasteiger partial charge on any atom is -0.496 e. The Hall–Kier alpha value is -2.80. The van der Waals surface area contributed by atoms with Gasteiger partial charge < -0.3 is 25.5 Å². The lowest BCUT2D eigenvalue weighted by Gasteiger charge is -2.20. The lowest BCUT2D eigenvalue weighted by molar-refractivity contribution is 0.0783. The van der Waals surface area contributed by atoms with E-state index in [1.54, 1.807) is 21.0 Å². The molecular weight excluding hydrogens is 366 g/mol. The highest BCUT2D eigenvalue weighted by molar-refractivity contribution is 5.87. The third-order valence-corrected chi connectivity index (χ3v) is 5.03. The van der Waals surface area contributed by atoms with Gasteiger partial charge in [-0.15, -0.1) is 0 Å². The van der Waals surface area contributed by atoms with E-state index in [2.05, 4.69) is 26.8 Å². The summed E-state index contributed by atoms with van der Waals surface area (Å²) in [5.74, 6) is 1.75. The number of aromatic nitrogens is 3. The summed E-state index contributed by atoms with van der Waals surface area (Å²) in [4.78, 5) is 8.81. The maximum absolute atomic E-state index is 10.3. The summed E-state index contributed by atoms with van der Waals surface area (Å²) in [5, 5.41) is 13.7. The molecule has 4 N–H and O–H groups in total. The van der Waals surface area contributed by atoms with Crippen molar-refractivity contribution in [2.75, 3.05) is 24.7 Å². The Morgan fingerprint density at radius 2 is 2.00 bits per heavy atom. The quantitative estimate of drug-likeness (QED) is 0.474. The number of hydrogen-bond acceptors (Lipinski definition) is 6. The van der Waals surface area contributed by atoms with Gasteiger partial charge in [0.05, 0.1) is 24.8 Å². The fraction of sp³-hybridized carbons (Fsp3) is 0.455. The molecular formula is C22H31N5O2. The molecule has 0 fully saturated rings. The second kappa shape index (κ2) is 8.69. The highest BCUT2D eigenvalue weighted by atomic mass is 16.5. The number of ether oxygens (including phenoxy) is 1. The van der Waals surface area contributed by atoms with E-state index in [4.69, 9.17) is 10.5 Å². The Kier molecular flexibility index (Phi) is 6.27. The van der Waals surface area contributed by atoms with Crippen molar-refractivity contribution in [1.29, 1.82) is 0 Å². The topological polar surface area (TPSA) is 98.2 Å². The van der Waals surface area contributed by atoms with E-state index < -0.39 is 5.60 Å². The average Bonchev–Trinajstić information content (AvgIpc) is 3.07. The number of unbranched alkanes of at least 4 members (excludes halogenated alkanes) is 2. The molecule has 3 aromatic rings. The molecule has 0 aliphatic rings. The number of rotatable bonds is 9. The van der Waals surface area contributed by atoms with Crippen molar-refractivity contribution in [3.63, 3.8) is 0 Å². The highest BCUT2D eigenvalue weighted by Crippen LogP contribution is 2.30. The van der Waals surface area contributed by atoms with Crippen molar-refractivity contribution >= 4 is 22.8 Å². The second-order valence-corrected chi connectivity index (χ2v) is 7.83. The standard InChI is InChI=1S/C22H31N5O2/c1-5-6-7-11-24-20-19-17(25-21(23)26-20)10-12-27(19)14-15-8-9-16(22(2,3)28)13-18(15)29-4/h8-10,12-13,28H,5-7,11,14H2,1-4H3,(H3,23,24,25,26). The molecule has 0 saturated heterocycles. The molecule has 0 bridgehead atoms. The molecule has 1 aromatic carbocycles. The predicted octanol–water partition coefficient (Wildman–Crippen LogP) is 3.90. The molecule has 2 heterocycles.